The minimum absolute atomic E-state index is 0.0981. The molecule has 10 heterocycles. The van der Waals surface area contributed by atoms with Crippen molar-refractivity contribution in [3.63, 3.8) is 0 Å². The fraction of sp³-hybridized carbons (Fsp3) is 0.174. The standard InChI is InChI=1S/C25H23BrN2O2S.C25H24ClN2O2S.C25H23ClN2OS.C23H21BrN2O2S.C23H21ClN2OS/c26-20-10-11-21-19(12-13-27(14-16-29)23(21)18-20)6-2-1-3-9-25-28(15-17-30)22-7-4-5-8-24(22)31-25;1-3-27-14-13-19(21-12-11-20(26)17-23(21)27)7-6-10-25-28(15-16-30-18(2)29)22-8-4-5-9-24(22)31-25;1-2-27-15-14-19(21-13-12-20(26)18-23(21)27)8-4-3-5-11-25-28(16-17-29)22-9-6-7-10-24(22)30-25;24-18-8-9-19-17(10-11-25(12-14-27)21(19)16-18)4-3-7-23-26(13-15-28)20-5-1-2-6-22(20)29-23;1-2-25-13-12-17(19-11-10-18(24)16-21(19)25)6-5-9-23-26(14-15-27)20-7-3-4-8-22(20)28-23/h1-13,18,29H,14-17H2;4-14,17H,3,15-16H2,1-2H3;3-15,18H,2,16-17H2,1H3;1-11,16,27H,12-15H2;3-13,16H,2,14-15H2,1H3/q;+1;;;. The minimum Gasteiger partial charge on any atom is -0.853 e. The van der Waals surface area contributed by atoms with E-state index in [0.717, 1.165) is 169 Å². The lowest BCUT2D eigenvalue weighted by Crippen LogP contribution is -2.36. The highest BCUT2D eigenvalue weighted by molar-refractivity contribution is 9.10. The lowest BCUT2D eigenvalue weighted by molar-refractivity contribution is -0.672. The Labute approximate surface area is 923 Å². The van der Waals surface area contributed by atoms with Gasteiger partial charge in [-0.2, -0.15) is 22.8 Å². The number of allylic oxidation sites excluding steroid dienone is 14. The van der Waals surface area contributed by atoms with E-state index in [-0.39, 0.29) is 45.6 Å². The number of hydrogen-bond acceptors (Lipinski definition) is 18. The molecule has 10 aromatic carbocycles. The molecule has 0 bridgehead atoms. The van der Waals surface area contributed by atoms with Crippen LogP contribution in [0.15, 0.2) is 417 Å². The van der Waals surface area contributed by atoms with Gasteiger partial charge in [0.15, 0.2) is 44.1 Å². The Morgan fingerprint density at radius 1 is 0.322 bits per heavy atom. The maximum atomic E-state index is 11.3. The van der Waals surface area contributed by atoms with Gasteiger partial charge in [0.05, 0.1) is 87.1 Å². The van der Waals surface area contributed by atoms with Gasteiger partial charge < -0.3 is 59.9 Å². The Balaban J connectivity index is 0.000000133. The summed E-state index contributed by atoms with van der Waals surface area (Å²) in [5, 5.41) is 77.1. The van der Waals surface area contributed by atoms with E-state index in [2.05, 4.69) is 325 Å². The van der Waals surface area contributed by atoms with Gasteiger partial charge in [0.2, 0.25) is 27.6 Å². The van der Waals surface area contributed by atoms with Gasteiger partial charge in [-0.1, -0.05) is 271 Å². The lowest BCUT2D eigenvalue weighted by Gasteiger charge is -2.21. The minimum atomic E-state index is -0.258. The number of carbonyl (C=O) groups excluding carboxylic acids is 1. The highest BCUT2D eigenvalue weighted by atomic mass is 79.9. The van der Waals surface area contributed by atoms with Crippen LogP contribution >= 0.6 is 125 Å². The number of benzene rings is 10. The van der Waals surface area contributed by atoms with E-state index >= 15 is 0 Å². The van der Waals surface area contributed by atoms with Crippen LogP contribution in [0.5, 0.6) is 0 Å². The lowest BCUT2D eigenvalue weighted by atomic mass is 10.1. The molecule has 15 aromatic rings. The van der Waals surface area contributed by atoms with E-state index in [1.807, 2.05) is 164 Å². The van der Waals surface area contributed by atoms with Crippen molar-refractivity contribution in [2.45, 2.75) is 84.9 Å². The first-order valence-corrected chi connectivity index (χ1v) is 55.9. The summed E-state index contributed by atoms with van der Waals surface area (Å²) in [7, 11) is 0. The number of fused-ring (bicyclic) bond motifs is 10. The molecule has 0 atom stereocenters. The number of aromatic nitrogens is 5. The van der Waals surface area contributed by atoms with Gasteiger partial charge in [0, 0.05) is 142 Å². The van der Waals surface area contributed by atoms with E-state index < -0.39 is 0 Å². The molecule has 758 valence electrons. The number of pyridine rings is 5. The quantitative estimate of drug-likeness (QED) is 0.0245. The predicted octanol–water partition coefficient (Wildman–Crippen LogP) is 23.6. The van der Waals surface area contributed by atoms with Crippen molar-refractivity contribution in [1.29, 1.82) is 0 Å². The Bertz CT molecular complexity index is 7790. The van der Waals surface area contributed by atoms with Crippen LogP contribution < -0.4 is 67.8 Å². The number of halogens is 5. The smallest absolute Gasteiger partial charge is 0.302 e. The largest absolute Gasteiger partial charge is 0.853 e. The zero-order chi connectivity index (χ0) is 104. The Hall–Kier alpha value is -12.1. The number of anilines is 5. The van der Waals surface area contributed by atoms with E-state index in [9.17, 15) is 35.4 Å². The van der Waals surface area contributed by atoms with Crippen LogP contribution in [0, 0.1) is 0 Å². The molecule has 0 spiro atoms. The number of aliphatic hydroxyl groups is 2. The molecule has 0 aliphatic carbocycles. The Morgan fingerprint density at radius 2 is 0.570 bits per heavy atom. The molecule has 149 heavy (non-hydrogen) atoms. The average molecular weight is 2260 g/mol. The number of hydrogen-bond donors (Lipinski definition) is 2. The molecule has 0 amide bonds. The van der Waals surface area contributed by atoms with Crippen molar-refractivity contribution in [1.82, 2.24) is 0 Å². The summed E-state index contributed by atoms with van der Waals surface area (Å²) < 4.78 is 17.9. The SMILES string of the molecule is CC[n+]1ccc(C=CC=C2Sc3ccccc3N2CCOC(C)=O)c2ccc(Cl)cc21.CC[n+]1ccc(C=CC=C2Sc3ccccc3N2CC[O-])c2ccc(Cl)cc21.CC[n+]1ccc(C=CC=CC=C2Sc3ccccc3N2CC[O-])c2ccc(Cl)cc21.[O-]CCN1C(=CC=CC=Cc2cc[n+](CCO)c3cc(Br)ccc23)Sc2ccccc21.[O-]CCN1C(=CC=Cc2cc[n+](CCO)c3cc(Br)ccc23)Sc2ccccc21. The van der Waals surface area contributed by atoms with Gasteiger partial charge in [0.1, 0.15) is 39.5 Å². The Morgan fingerprint density at radius 3 is 0.839 bits per heavy atom. The molecule has 5 aliphatic rings. The van der Waals surface area contributed by atoms with Gasteiger partial charge in [-0.25, -0.2) is 0 Å². The third-order valence-corrected chi connectivity index (χ3v) is 32.2. The maximum absolute atomic E-state index is 11.3. The second-order valence-electron chi connectivity index (χ2n) is 34.2. The molecule has 2 N–H and O–H groups in total. The van der Waals surface area contributed by atoms with Gasteiger partial charge in [-0.15, -0.1) is 26.4 Å². The normalized spacial score (nSPS) is 15.0. The number of rotatable bonds is 30. The molecule has 0 unspecified atom stereocenters. The molecule has 5 aliphatic heterocycles. The second-order valence-corrected chi connectivity index (χ2v) is 42.7. The topological polar surface area (TPSA) is 195 Å². The summed E-state index contributed by atoms with van der Waals surface area (Å²) in [4.78, 5) is 27.7. The molecule has 18 nitrogen and oxygen atoms in total. The fourth-order valence-corrected chi connectivity index (χ4v) is 24.6. The Kier molecular flexibility index (Phi) is 40.2. The van der Waals surface area contributed by atoms with Crippen molar-refractivity contribution in [3.8, 4) is 0 Å². The number of thioether (sulfide) groups is 5. The van der Waals surface area contributed by atoms with Crippen LogP contribution in [-0.2, 0) is 42.3 Å². The average Bonchev–Trinajstić information content (AvgIpc) is 1.46. The third-order valence-electron chi connectivity index (χ3n) is 24.9. The molecule has 5 aromatic heterocycles. The molecule has 0 radical (unpaired) electrons. The highest BCUT2D eigenvalue weighted by Crippen LogP contribution is 2.51. The monoisotopic (exact) mass is 2260 g/mol. The second kappa shape index (κ2) is 54.6. The number of carbonyl (C=O) groups is 1. The van der Waals surface area contributed by atoms with E-state index in [1.54, 1.807) is 58.8 Å². The third kappa shape index (κ3) is 27.7. The van der Waals surface area contributed by atoms with Crippen molar-refractivity contribution in [3.05, 3.63) is 436 Å². The number of para-hydroxylation sites is 5. The summed E-state index contributed by atoms with van der Waals surface area (Å²) >= 11 is 34.2. The molecule has 0 saturated carbocycles. The summed E-state index contributed by atoms with van der Waals surface area (Å²) in [6.07, 6.45) is 49.5. The summed E-state index contributed by atoms with van der Waals surface area (Å²) in [5.41, 5.74) is 16.8. The van der Waals surface area contributed by atoms with Gasteiger partial charge in [0.25, 0.3) is 0 Å². The molecular formula is C121H112Br2Cl3N10O8S5+. The zero-order valence-corrected chi connectivity index (χ0v) is 92.2. The van der Waals surface area contributed by atoms with Crippen LogP contribution in [-0.4, -0.2) is 95.2 Å². The molecule has 0 fully saturated rings. The summed E-state index contributed by atoms with van der Waals surface area (Å²) in [6, 6.07) is 82.0. The molecular weight excluding hydrogens is 2150 g/mol. The number of aryl methyl sites for hydroxylation is 3. The summed E-state index contributed by atoms with van der Waals surface area (Å²) in [6.45, 7) is 14.1. The van der Waals surface area contributed by atoms with Gasteiger partial charge >= 0.3 is 5.97 Å². The zero-order valence-electron chi connectivity index (χ0n) is 82.7. The first-order valence-electron chi connectivity index (χ1n) is 49.1. The maximum Gasteiger partial charge on any atom is 0.302 e. The fourth-order valence-electron chi connectivity index (χ4n) is 17.9. The molecule has 28 heteroatoms. The number of ether oxygens (including phenoxy) is 1. The van der Waals surface area contributed by atoms with Crippen molar-refractivity contribution < 1.29 is 63.0 Å². The predicted molar refractivity (Wildman–Crippen MR) is 621 cm³/mol. The van der Waals surface area contributed by atoms with E-state index in [1.165, 1.54) is 42.2 Å². The molecule has 20 rings (SSSR count). The first kappa shape index (κ1) is 110. The van der Waals surface area contributed by atoms with Crippen LogP contribution in [0.25, 0.3) is 84.9 Å². The van der Waals surface area contributed by atoms with Crippen LogP contribution in [0.2, 0.25) is 15.1 Å². The summed E-state index contributed by atoms with van der Waals surface area (Å²) in [5.74, 6) is -0.258. The van der Waals surface area contributed by atoms with Crippen LogP contribution in [0.3, 0.4) is 0 Å². The van der Waals surface area contributed by atoms with Crippen LogP contribution in [0.4, 0.5) is 28.4 Å². The van der Waals surface area contributed by atoms with Crippen LogP contribution in [0.1, 0.15) is 55.5 Å². The van der Waals surface area contributed by atoms with Crippen molar-refractivity contribution >= 4 is 245 Å². The first-order chi connectivity index (χ1) is 72.9. The molecule has 0 saturated heterocycles. The number of aliphatic hydroxyl groups excluding tert-OH is 2. The van der Waals surface area contributed by atoms with Crippen molar-refractivity contribution in [2.24, 2.45) is 0 Å². The number of nitrogens with zero attached hydrogens (tertiary/aromatic N) is 10. The van der Waals surface area contributed by atoms with Gasteiger partial charge in [-0.05, 0) is 200 Å². The van der Waals surface area contributed by atoms with E-state index in [0.29, 0.717) is 52.4 Å². The van der Waals surface area contributed by atoms with Crippen molar-refractivity contribution in [2.75, 3.05) is 103 Å². The highest BCUT2D eigenvalue weighted by Gasteiger charge is 2.30. The number of esters is 1. The van der Waals surface area contributed by atoms with Gasteiger partial charge in [-0.3, -0.25) is 4.79 Å². The van der Waals surface area contributed by atoms with E-state index in [4.69, 9.17) is 39.5 Å².